The minimum absolute atomic E-state index is 0.0902. The number of rotatable bonds is 8. The van der Waals surface area contributed by atoms with Crippen molar-refractivity contribution in [2.24, 2.45) is 0 Å². The quantitative estimate of drug-likeness (QED) is 0.361. The summed E-state index contributed by atoms with van der Waals surface area (Å²) in [6.07, 6.45) is 3.09. The number of carboxylic acid groups (broad SMARTS) is 1. The summed E-state index contributed by atoms with van der Waals surface area (Å²) in [6, 6.07) is 9.04. The average Bonchev–Trinajstić information content (AvgIpc) is 3.27. The van der Waals surface area contributed by atoms with Gasteiger partial charge in [0.25, 0.3) is 0 Å². The van der Waals surface area contributed by atoms with Crippen LogP contribution in [-0.2, 0) is 20.6 Å². The van der Waals surface area contributed by atoms with Gasteiger partial charge in [-0.1, -0.05) is 51.9 Å². The van der Waals surface area contributed by atoms with Crippen LogP contribution < -0.4 is 0 Å². The third kappa shape index (κ3) is 5.56. The van der Waals surface area contributed by atoms with Crippen molar-refractivity contribution in [3.05, 3.63) is 35.9 Å². The number of aryl methyl sites for hydroxylation is 1. The topological polar surface area (TPSA) is 94.9 Å². The third-order valence-electron chi connectivity index (χ3n) is 5.33. The maximum Gasteiger partial charge on any atom is 0.326 e. The molecule has 9 heteroatoms. The van der Waals surface area contributed by atoms with Crippen molar-refractivity contribution < 1.29 is 24.2 Å². The second-order valence-electron chi connectivity index (χ2n) is 7.59. The summed E-state index contributed by atoms with van der Waals surface area (Å²) in [7, 11) is -0.259. The number of amides is 1. The fourth-order valence-corrected chi connectivity index (χ4v) is 8.70. The van der Waals surface area contributed by atoms with E-state index in [-0.39, 0.29) is 10.9 Å². The van der Waals surface area contributed by atoms with E-state index < -0.39 is 31.4 Å². The van der Waals surface area contributed by atoms with E-state index in [1.54, 1.807) is 21.6 Å². The van der Waals surface area contributed by atoms with Crippen molar-refractivity contribution in [3.8, 4) is 0 Å². The van der Waals surface area contributed by atoms with Crippen LogP contribution in [-0.4, -0.2) is 62.2 Å². The van der Waals surface area contributed by atoms with Crippen LogP contribution in [0.4, 0.5) is 0 Å². The Morgan fingerprint density at radius 3 is 2.64 bits per heavy atom. The molecule has 3 atom stereocenters. The number of likely N-dealkylation sites (tertiary alicyclic amines) is 1. The number of nitrogens with zero attached hydrogens (tertiary/aromatic N) is 1. The van der Waals surface area contributed by atoms with Crippen molar-refractivity contribution in [2.45, 2.75) is 42.9 Å². The zero-order valence-electron chi connectivity index (χ0n) is 15.7. The Kier molecular flexibility index (Phi) is 7.18. The summed E-state index contributed by atoms with van der Waals surface area (Å²) in [5.74, 6) is -0.590. The molecule has 3 rings (SSSR count). The molecular formula is C19H26NO5PS2. The van der Waals surface area contributed by atoms with Gasteiger partial charge in [-0.25, -0.2) is 4.79 Å². The molecule has 2 aliphatic heterocycles. The summed E-state index contributed by atoms with van der Waals surface area (Å²) in [4.78, 5) is 35.9. The maximum absolute atomic E-state index is 12.7. The van der Waals surface area contributed by atoms with E-state index >= 15 is 0 Å². The molecule has 2 aliphatic rings. The molecule has 2 fully saturated rings. The number of carbonyl (C=O) groups is 2. The van der Waals surface area contributed by atoms with Gasteiger partial charge < -0.3 is 14.9 Å². The van der Waals surface area contributed by atoms with E-state index in [0.29, 0.717) is 19.4 Å². The van der Waals surface area contributed by atoms with E-state index in [0.717, 1.165) is 25.0 Å². The molecule has 0 aliphatic carbocycles. The van der Waals surface area contributed by atoms with Crippen molar-refractivity contribution in [1.29, 1.82) is 0 Å². The zero-order chi connectivity index (χ0) is 20.2. The largest absolute Gasteiger partial charge is 0.480 e. The fourth-order valence-electron chi connectivity index (χ4n) is 3.82. The lowest BCUT2D eigenvalue weighted by molar-refractivity contribution is -0.147. The summed E-state index contributed by atoms with van der Waals surface area (Å²) in [6.45, 7) is 0.356. The summed E-state index contributed by atoms with van der Waals surface area (Å²) in [5, 5.41) is 9.51. The lowest BCUT2D eigenvalue weighted by Gasteiger charge is -2.24. The lowest BCUT2D eigenvalue weighted by Crippen LogP contribution is -2.42. The minimum atomic E-state index is -3.62. The van der Waals surface area contributed by atoms with Gasteiger partial charge in [0.2, 0.25) is 13.3 Å². The predicted molar refractivity (Wildman–Crippen MR) is 114 cm³/mol. The monoisotopic (exact) mass is 443 g/mol. The van der Waals surface area contributed by atoms with Crippen LogP contribution in [0.5, 0.6) is 0 Å². The van der Waals surface area contributed by atoms with Crippen molar-refractivity contribution in [2.75, 3.05) is 24.6 Å². The lowest BCUT2D eigenvalue weighted by atomic mass is 10.0. The molecule has 1 amide bonds. The Labute approximate surface area is 173 Å². The predicted octanol–water partition coefficient (Wildman–Crippen LogP) is 3.49. The maximum atomic E-state index is 12.7. The number of carbonyl (C=O) groups excluding carboxylic acids is 1. The second-order valence-corrected chi connectivity index (χ2v) is 12.9. The number of hydrogen-bond acceptors (Lipinski definition) is 5. The number of benzene rings is 1. The van der Waals surface area contributed by atoms with E-state index in [1.807, 2.05) is 30.3 Å². The summed E-state index contributed by atoms with van der Waals surface area (Å²) in [5.41, 5.74) is 1.19. The van der Waals surface area contributed by atoms with Gasteiger partial charge in [0.05, 0.1) is 0 Å². The normalized spacial score (nSPS) is 26.5. The molecular weight excluding hydrogens is 417 g/mol. The van der Waals surface area contributed by atoms with Crippen LogP contribution in [0.3, 0.4) is 0 Å². The molecule has 1 aromatic rings. The molecule has 2 unspecified atom stereocenters. The van der Waals surface area contributed by atoms with Crippen molar-refractivity contribution >= 4 is 40.8 Å². The zero-order valence-corrected chi connectivity index (χ0v) is 18.2. The molecule has 1 spiro atoms. The SMILES string of the molecule is O=C(O)[C@@H]1CC2(CCSS2)CN1C(=O)CP(=O)(O)CCCCc1ccccc1. The molecule has 0 aromatic heterocycles. The Balaban J connectivity index is 1.51. The molecule has 154 valence electrons. The van der Waals surface area contributed by atoms with Crippen LogP contribution in [0.2, 0.25) is 0 Å². The average molecular weight is 444 g/mol. The third-order valence-corrected chi connectivity index (χ3v) is 10.4. The second kappa shape index (κ2) is 9.24. The van der Waals surface area contributed by atoms with Gasteiger partial charge in [-0.2, -0.15) is 0 Å². The molecule has 6 nitrogen and oxygen atoms in total. The number of hydrogen-bond donors (Lipinski definition) is 2. The highest BCUT2D eigenvalue weighted by atomic mass is 33.1. The van der Waals surface area contributed by atoms with Gasteiger partial charge in [0, 0.05) is 23.2 Å². The van der Waals surface area contributed by atoms with Crippen LogP contribution >= 0.6 is 29.0 Å². The molecule has 1 aromatic carbocycles. The van der Waals surface area contributed by atoms with Crippen LogP contribution in [0.1, 0.15) is 31.2 Å². The van der Waals surface area contributed by atoms with Gasteiger partial charge in [-0.05, 0) is 37.7 Å². The first-order valence-electron chi connectivity index (χ1n) is 9.48. The van der Waals surface area contributed by atoms with Crippen LogP contribution in [0.15, 0.2) is 30.3 Å². The molecule has 0 radical (unpaired) electrons. The Morgan fingerprint density at radius 2 is 2.00 bits per heavy atom. The van der Waals surface area contributed by atoms with Gasteiger partial charge in [-0.3, -0.25) is 9.36 Å². The first-order chi connectivity index (χ1) is 13.3. The van der Waals surface area contributed by atoms with Gasteiger partial charge in [-0.15, -0.1) is 0 Å². The number of carboxylic acids is 1. The summed E-state index contributed by atoms with van der Waals surface area (Å²) < 4.78 is 12.3. The Morgan fingerprint density at radius 1 is 1.25 bits per heavy atom. The van der Waals surface area contributed by atoms with Gasteiger partial charge >= 0.3 is 5.97 Å². The summed E-state index contributed by atoms with van der Waals surface area (Å²) >= 11 is 0. The van der Waals surface area contributed by atoms with Crippen LogP contribution in [0.25, 0.3) is 0 Å². The minimum Gasteiger partial charge on any atom is -0.480 e. The van der Waals surface area contributed by atoms with Crippen molar-refractivity contribution in [3.63, 3.8) is 0 Å². The molecule has 2 N–H and O–H groups in total. The highest BCUT2D eigenvalue weighted by Gasteiger charge is 2.51. The van der Waals surface area contributed by atoms with E-state index in [9.17, 15) is 24.2 Å². The molecule has 2 heterocycles. The number of unbranched alkanes of at least 4 members (excludes halogenated alkanes) is 1. The van der Waals surface area contributed by atoms with E-state index in [2.05, 4.69) is 0 Å². The first-order valence-corrected chi connectivity index (χ1v) is 13.8. The molecule has 2 saturated heterocycles. The smallest absolute Gasteiger partial charge is 0.326 e. The van der Waals surface area contributed by atoms with Gasteiger partial charge in [0.15, 0.2) is 0 Å². The highest BCUT2D eigenvalue weighted by molar-refractivity contribution is 8.77. The fraction of sp³-hybridized carbons (Fsp3) is 0.579. The highest BCUT2D eigenvalue weighted by Crippen LogP contribution is 2.53. The van der Waals surface area contributed by atoms with Crippen LogP contribution in [0, 0.1) is 0 Å². The number of aliphatic carboxylic acids is 1. The van der Waals surface area contributed by atoms with E-state index in [4.69, 9.17) is 0 Å². The first kappa shape index (κ1) is 21.8. The Bertz CT molecular complexity index is 754. The molecule has 28 heavy (non-hydrogen) atoms. The molecule has 0 saturated carbocycles. The van der Waals surface area contributed by atoms with Crippen molar-refractivity contribution in [1.82, 2.24) is 4.90 Å². The Hall–Kier alpha value is -0.950. The van der Waals surface area contributed by atoms with E-state index in [1.165, 1.54) is 10.5 Å². The molecule has 0 bridgehead atoms. The van der Waals surface area contributed by atoms with Gasteiger partial charge in [0.1, 0.15) is 12.2 Å². The standard InChI is InChI=1S/C19H26NO5PS2/c21-17(20-14-19(9-11-27-28-19)12-16(20)18(22)23)13-26(24,25)10-5-4-8-15-6-2-1-3-7-15/h1-3,6-7,16H,4-5,8-14H2,(H,22,23)(H,24,25)/t16-,19?/m0/s1.